The van der Waals surface area contributed by atoms with Crippen molar-refractivity contribution in [2.45, 2.75) is 17.1 Å². The van der Waals surface area contributed by atoms with Crippen molar-refractivity contribution in [1.29, 1.82) is 0 Å². The van der Waals surface area contributed by atoms with Gasteiger partial charge < -0.3 is 10.6 Å². The molecule has 0 saturated carbocycles. The zero-order valence-corrected chi connectivity index (χ0v) is 9.46. The van der Waals surface area contributed by atoms with E-state index in [1.54, 1.807) is 16.7 Å². The molecule has 0 saturated heterocycles. The summed E-state index contributed by atoms with van der Waals surface area (Å²) in [5.41, 5.74) is 6.52. The summed E-state index contributed by atoms with van der Waals surface area (Å²) in [6.45, 7) is 3.03. The number of carbonyl (C=O) groups excluding carboxylic acids is 1. The van der Waals surface area contributed by atoms with Gasteiger partial charge in [0.25, 0.3) is 0 Å². The highest BCUT2D eigenvalue weighted by Gasteiger charge is 2.29. The van der Waals surface area contributed by atoms with Crippen molar-refractivity contribution in [2.24, 2.45) is 5.73 Å². The summed E-state index contributed by atoms with van der Waals surface area (Å²) in [6, 6.07) is 7.97. The monoisotopic (exact) mass is 222 g/mol. The maximum atomic E-state index is 11.9. The Kier molecular flexibility index (Phi) is 2.98. The van der Waals surface area contributed by atoms with Crippen LogP contribution in [0.3, 0.4) is 0 Å². The highest BCUT2D eigenvalue weighted by molar-refractivity contribution is 8.00. The van der Waals surface area contributed by atoms with Crippen molar-refractivity contribution in [3.05, 3.63) is 24.3 Å². The number of rotatable bonds is 2. The molecule has 0 bridgehead atoms. The van der Waals surface area contributed by atoms with Crippen LogP contribution in [0, 0.1) is 0 Å². The van der Waals surface area contributed by atoms with Crippen molar-refractivity contribution in [2.75, 3.05) is 18.0 Å². The fourth-order valence-electron chi connectivity index (χ4n) is 1.72. The predicted octanol–water partition coefficient (Wildman–Crippen LogP) is 1.47. The zero-order valence-electron chi connectivity index (χ0n) is 8.64. The second kappa shape index (κ2) is 4.24. The number of benzene rings is 1. The largest absolute Gasteiger partial charge is 0.329 e. The molecule has 4 heteroatoms. The van der Waals surface area contributed by atoms with E-state index in [0.29, 0.717) is 13.1 Å². The van der Waals surface area contributed by atoms with Crippen LogP contribution in [0.4, 0.5) is 5.69 Å². The number of carbonyl (C=O) groups is 1. The lowest BCUT2D eigenvalue weighted by molar-refractivity contribution is -0.118. The SMILES string of the molecule is CC1Sc2ccccc2N(CCN)C1=O. The van der Waals surface area contributed by atoms with Gasteiger partial charge in [-0.25, -0.2) is 0 Å². The van der Waals surface area contributed by atoms with E-state index in [0.717, 1.165) is 10.6 Å². The molecule has 0 aliphatic carbocycles. The summed E-state index contributed by atoms with van der Waals surface area (Å²) >= 11 is 1.62. The molecule has 15 heavy (non-hydrogen) atoms. The van der Waals surface area contributed by atoms with Gasteiger partial charge in [0.1, 0.15) is 0 Å². The number of nitrogens with zero attached hydrogens (tertiary/aromatic N) is 1. The topological polar surface area (TPSA) is 46.3 Å². The minimum Gasteiger partial charge on any atom is -0.329 e. The second-order valence-electron chi connectivity index (χ2n) is 3.51. The van der Waals surface area contributed by atoms with Crippen LogP contribution in [0.1, 0.15) is 6.92 Å². The molecular formula is C11H14N2OS. The summed E-state index contributed by atoms with van der Waals surface area (Å²) in [5.74, 6) is 0.157. The van der Waals surface area contributed by atoms with Crippen molar-refractivity contribution in [1.82, 2.24) is 0 Å². The number of anilines is 1. The van der Waals surface area contributed by atoms with Gasteiger partial charge in [0.05, 0.1) is 10.9 Å². The molecule has 1 aliphatic rings. The summed E-state index contributed by atoms with van der Waals surface area (Å²) in [5, 5.41) is -0.00792. The number of nitrogens with two attached hydrogens (primary N) is 1. The van der Waals surface area contributed by atoms with Crippen LogP contribution in [-0.4, -0.2) is 24.2 Å². The Morgan fingerprint density at radius 1 is 1.47 bits per heavy atom. The van der Waals surface area contributed by atoms with Gasteiger partial charge in [0.15, 0.2) is 0 Å². The number of thioether (sulfide) groups is 1. The van der Waals surface area contributed by atoms with Crippen LogP contribution in [0.2, 0.25) is 0 Å². The first-order valence-corrected chi connectivity index (χ1v) is 5.89. The van der Waals surface area contributed by atoms with Crippen LogP contribution < -0.4 is 10.6 Å². The molecule has 1 aromatic rings. The summed E-state index contributed by atoms with van der Waals surface area (Å²) in [6.07, 6.45) is 0. The Balaban J connectivity index is 2.40. The predicted molar refractivity (Wildman–Crippen MR) is 63.2 cm³/mol. The van der Waals surface area contributed by atoms with E-state index in [1.165, 1.54) is 0 Å². The maximum absolute atomic E-state index is 11.9. The minimum atomic E-state index is -0.00792. The lowest BCUT2D eigenvalue weighted by Crippen LogP contribution is -2.42. The Hall–Kier alpha value is -1.00. The Morgan fingerprint density at radius 2 is 2.20 bits per heavy atom. The molecule has 1 heterocycles. The average Bonchev–Trinajstić information content (AvgIpc) is 2.25. The first kappa shape index (κ1) is 10.5. The summed E-state index contributed by atoms with van der Waals surface area (Å²) in [7, 11) is 0. The quantitative estimate of drug-likeness (QED) is 0.824. The number of para-hydroxylation sites is 1. The van der Waals surface area contributed by atoms with Crippen LogP contribution >= 0.6 is 11.8 Å². The lowest BCUT2D eigenvalue weighted by Gasteiger charge is -2.31. The molecule has 2 rings (SSSR count). The maximum Gasteiger partial charge on any atom is 0.240 e. The van der Waals surface area contributed by atoms with Crippen LogP contribution in [0.15, 0.2) is 29.2 Å². The number of hydrogen-bond donors (Lipinski definition) is 1. The first-order valence-electron chi connectivity index (χ1n) is 5.01. The molecular weight excluding hydrogens is 208 g/mol. The Morgan fingerprint density at radius 3 is 2.93 bits per heavy atom. The molecule has 1 amide bonds. The molecule has 1 aromatic carbocycles. The van der Waals surface area contributed by atoms with E-state index in [2.05, 4.69) is 0 Å². The number of hydrogen-bond acceptors (Lipinski definition) is 3. The summed E-state index contributed by atoms with van der Waals surface area (Å²) < 4.78 is 0. The molecule has 1 aliphatic heterocycles. The normalized spacial score (nSPS) is 20.3. The van der Waals surface area contributed by atoms with Crippen molar-refractivity contribution >= 4 is 23.4 Å². The Bertz CT molecular complexity index is 381. The molecule has 3 nitrogen and oxygen atoms in total. The van der Waals surface area contributed by atoms with Gasteiger partial charge in [0, 0.05) is 18.0 Å². The van der Waals surface area contributed by atoms with Gasteiger partial charge in [0.2, 0.25) is 5.91 Å². The smallest absolute Gasteiger partial charge is 0.240 e. The average molecular weight is 222 g/mol. The van der Waals surface area contributed by atoms with E-state index in [1.807, 2.05) is 31.2 Å². The van der Waals surface area contributed by atoms with Gasteiger partial charge in [-0.3, -0.25) is 4.79 Å². The van der Waals surface area contributed by atoms with Gasteiger partial charge >= 0.3 is 0 Å². The van der Waals surface area contributed by atoms with Crippen LogP contribution in [0.25, 0.3) is 0 Å². The molecule has 0 aromatic heterocycles. The lowest BCUT2D eigenvalue weighted by atomic mass is 10.2. The molecule has 0 spiro atoms. The molecule has 0 radical (unpaired) electrons. The number of fused-ring (bicyclic) bond motifs is 1. The molecule has 1 atom stereocenters. The first-order chi connectivity index (χ1) is 7.24. The van der Waals surface area contributed by atoms with E-state index in [-0.39, 0.29) is 11.2 Å². The third-order valence-electron chi connectivity index (χ3n) is 2.43. The van der Waals surface area contributed by atoms with E-state index in [4.69, 9.17) is 5.73 Å². The third-order valence-corrected chi connectivity index (χ3v) is 3.58. The van der Waals surface area contributed by atoms with E-state index < -0.39 is 0 Å². The highest BCUT2D eigenvalue weighted by Crippen LogP contribution is 2.38. The third kappa shape index (κ3) is 1.87. The standard InChI is InChI=1S/C11H14N2OS/c1-8-11(14)13(7-6-12)9-4-2-3-5-10(9)15-8/h2-5,8H,6-7,12H2,1H3. The van der Waals surface area contributed by atoms with Crippen molar-refractivity contribution < 1.29 is 4.79 Å². The van der Waals surface area contributed by atoms with Crippen molar-refractivity contribution in [3.8, 4) is 0 Å². The fourth-order valence-corrected chi connectivity index (χ4v) is 2.78. The highest BCUT2D eigenvalue weighted by atomic mass is 32.2. The van der Waals surface area contributed by atoms with Crippen molar-refractivity contribution in [3.63, 3.8) is 0 Å². The fraction of sp³-hybridized carbons (Fsp3) is 0.364. The molecule has 2 N–H and O–H groups in total. The van der Waals surface area contributed by atoms with Crippen LogP contribution in [0.5, 0.6) is 0 Å². The zero-order chi connectivity index (χ0) is 10.8. The van der Waals surface area contributed by atoms with Gasteiger partial charge in [-0.1, -0.05) is 12.1 Å². The van der Waals surface area contributed by atoms with Gasteiger partial charge in [-0.05, 0) is 19.1 Å². The van der Waals surface area contributed by atoms with Crippen LogP contribution in [-0.2, 0) is 4.79 Å². The molecule has 1 unspecified atom stereocenters. The Labute approximate surface area is 93.6 Å². The molecule has 80 valence electrons. The number of amides is 1. The van der Waals surface area contributed by atoms with Gasteiger partial charge in [-0.15, -0.1) is 11.8 Å². The second-order valence-corrected chi connectivity index (χ2v) is 4.89. The molecule has 0 fully saturated rings. The minimum absolute atomic E-state index is 0.00792. The van der Waals surface area contributed by atoms with Gasteiger partial charge in [-0.2, -0.15) is 0 Å². The van der Waals surface area contributed by atoms with E-state index >= 15 is 0 Å². The summed E-state index contributed by atoms with van der Waals surface area (Å²) in [4.78, 5) is 14.9. The van der Waals surface area contributed by atoms with E-state index in [9.17, 15) is 4.79 Å².